The Morgan fingerprint density at radius 2 is 1.81 bits per heavy atom. The van der Waals surface area contributed by atoms with Crippen LogP contribution in [0.25, 0.3) is 0 Å². The maximum atomic E-state index is 11.5. The maximum absolute atomic E-state index is 11.5. The van der Waals surface area contributed by atoms with Crippen LogP contribution in [0, 0.1) is 0 Å². The molecule has 7 nitrogen and oxygen atoms in total. The van der Waals surface area contributed by atoms with Crippen LogP contribution < -0.4 is 10.6 Å². The molecular formula is C23H34N4O3S. The minimum Gasteiger partial charge on any atom is -0.468 e. The molecule has 0 aliphatic carbocycles. The Morgan fingerprint density at radius 3 is 2.42 bits per heavy atom. The first-order valence-corrected chi connectivity index (χ1v) is 13.1. The Labute approximate surface area is 185 Å². The number of piperidine rings is 1. The van der Waals surface area contributed by atoms with Gasteiger partial charge in [0.15, 0.2) is 15.8 Å². The zero-order chi connectivity index (χ0) is 22.1. The van der Waals surface area contributed by atoms with Crippen molar-refractivity contribution in [2.45, 2.75) is 44.5 Å². The number of hydrogen-bond donors (Lipinski definition) is 2. The summed E-state index contributed by atoms with van der Waals surface area (Å²) in [5.74, 6) is 1.80. The molecule has 1 aromatic carbocycles. The van der Waals surface area contributed by atoms with E-state index in [1.54, 1.807) is 6.26 Å². The number of furan rings is 1. The highest BCUT2D eigenvalue weighted by Crippen LogP contribution is 2.24. The molecule has 0 spiro atoms. The van der Waals surface area contributed by atoms with E-state index >= 15 is 0 Å². The second kappa shape index (κ2) is 11.3. The average Bonchev–Trinajstić information content (AvgIpc) is 3.27. The lowest BCUT2D eigenvalue weighted by Crippen LogP contribution is -2.44. The average molecular weight is 447 g/mol. The monoisotopic (exact) mass is 446 g/mol. The van der Waals surface area contributed by atoms with Crippen molar-refractivity contribution in [3.63, 3.8) is 0 Å². The van der Waals surface area contributed by atoms with E-state index in [4.69, 9.17) is 9.41 Å². The summed E-state index contributed by atoms with van der Waals surface area (Å²) in [4.78, 5) is 7.20. The molecule has 1 aliphatic heterocycles. The van der Waals surface area contributed by atoms with Gasteiger partial charge in [-0.1, -0.05) is 30.7 Å². The molecule has 0 saturated carbocycles. The first-order valence-electron chi connectivity index (χ1n) is 11.0. The van der Waals surface area contributed by atoms with Crippen LogP contribution in [-0.4, -0.2) is 51.7 Å². The molecule has 1 saturated heterocycles. The van der Waals surface area contributed by atoms with Gasteiger partial charge in [0.1, 0.15) is 5.76 Å². The van der Waals surface area contributed by atoms with Crippen LogP contribution in [0.5, 0.6) is 0 Å². The first-order chi connectivity index (χ1) is 14.9. The summed E-state index contributed by atoms with van der Waals surface area (Å²) >= 11 is 0. The molecule has 0 radical (unpaired) electrons. The summed E-state index contributed by atoms with van der Waals surface area (Å²) in [6.45, 7) is 6.22. The third kappa shape index (κ3) is 7.70. The van der Waals surface area contributed by atoms with Gasteiger partial charge in [-0.15, -0.1) is 0 Å². The number of hydrogen-bond acceptors (Lipinski definition) is 5. The standard InChI is InChI=1S/C23H34N4O3S/c1-3-24-23(25-16-19-9-11-20(12-10-19)18-31(2,28)29)26-17-21(22-8-7-15-30-22)27-13-5-4-6-14-27/h7-12,15,21H,3-6,13-14,16-18H2,1-2H3,(H2,24,25,26). The number of sulfone groups is 1. The summed E-state index contributed by atoms with van der Waals surface area (Å²) in [6.07, 6.45) is 6.72. The van der Waals surface area contributed by atoms with Gasteiger partial charge >= 0.3 is 0 Å². The van der Waals surface area contributed by atoms with Crippen molar-refractivity contribution in [1.82, 2.24) is 15.5 Å². The van der Waals surface area contributed by atoms with Crippen LogP contribution in [0.15, 0.2) is 52.1 Å². The van der Waals surface area contributed by atoms with E-state index in [1.807, 2.05) is 43.3 Å². The quantitative estimate of drug-likeness (QED) is 0.455. The molecule has 170 valence electrons. The lowest BCUT2D eigenvalue weighted by molar-refractivity contribution is 0.146. The molecule has 1 fully saturated rings. The number of nitrogens with one attached hydrogen (secondary N) is 2. The predicted octanol–water partition coefficient (Wildman–Crippen LogP) is 3.11. The van der Waals surface area contributed by atoms with Crippen LogP contribution in [0.3, 0.4) is 0 Å². The van der Waals surface area contributed by atoms with E-state index < -0.39 is 9.84 Å². The van der Waals surface area contributed by atoms with E-state index in [9.17, 15) is 8.42 Å². The fourth-order valence-electron chi connectivity index (χ4n) is 3.87. The fraction of sp³-hybridized carbons (Fsp3) is 0.522. The second-order valence-electron chi connectivity index (χ2n) is 8.09. The number of aliphatic imine (C=N–C) groups is 1. The van der Waals surface area contributed by atoms with Gasteiger partial charge in [0.05, 0.1) is 24.6 Å². The summed E-state index contributed by atoms with van der Waals surface area (Å²) in [5, 5.41) is 6.79. The molecular weight excluding hydrogens is 412 g/mol. The van der Waals surface area contributed by atoms with Crippen LogP contribution in [0.1, 0.15) is 49.1 Å². The van der Waals surface area contributed by atoms with Crippen molar-refractivity contribution >= 4 is 15.8 Å². The highest BCUT2D eigenvalue weighted by atomic mass is 32.2. The Morgan fingerprint density at radius 1 is 1.10 bits per heavy atom. The van der Waals surface area contributed by atoms with E-state index in [0.29, 0.717) is 13.1 Å². The Bertz CT molecular complexity index is 918. The molecule has 0 amide bonds. The van der Waals surface area contributed by atoms with Gasteiger partial charge in [-0.05, 0) is 56.1 Å². The molecule has 2 heterocycles. The van der Waals surface area contributed by atoms with Crippen LogP contribution in [0.4, 0.5) is 0 Å². The number of likely N-dealkylation sites (tertiary alicyclic amines) is 1. The van der Waals surface area contributed by atoms with Gasteiger partial charge in [0.2, 0.25) is 0 Å². The molecule has 1 aromatic heterocycles. The Hall–Kier alpha value is -2.32. The van der Waals surface area contributed by atoms with Crippen molar-refractivity contribution in [3.8, 4) is 0 Å². The van der Waals surface area contributed by atoms with Gasteiger partial charge in [0.25, 0.3) is 0 Å². The molecule has 1 unspecified atom stereocenters. The summed E-state index contributed by atoms with van der Waals surface area (Å²) < 4.78 is 28.6. The summed E-state index contributed by atoms with van der Waals surface area (Å²) in [6, 6.07) is 11.8. The van der Waals surface area contributed by atoms with Crippen molar-refractivity contribution in [1.29, 1.82) is 0 Å². The highest BCUT2D eigenvalue weighted by Gasteiger charge is 2.24. The van der Waals surface area contributed by atoms with Crippen molar-refractivity contribution in [3.05, 3.63) is 59.5 Å². The van der Waals surface area contributed by atoms with E-state index in [-0.39, 0.29) is 11.8 Å². The molecule has 1 aliphatic rings. The number of benzene rings is 1. The molecule has 2 aromatic rings. The normalized spacial score (nSPS) is 16.8. The van der Waals surface area contributed by atoms with Crippen LogP contribution in [0.2, 0.25) is 0 Å². The molecule has 8 heteroatoms. The highest BCUT2D eigenvalue weighted by molar-refractivity contribution is 7.89. The fourth-order valence-corrected chi connectivity index (χ4v) is 4.67. The van der Waals surface area contributed by atoms with Crippen LogP contribution >= 0.6 is 0 Å². The van der Waals surface area contributed by atoms with Gasteiger partial charge in [-0.2, -0.15) is 0 Å². The van der Waals surface area contributed by atoms with Gasteiger partial charge in [-0.25, -0.2) is 13.4 Å². The Kier molecular flexibility index (Phi) is 8.54. The minimum atomic E-state index is -3.03. The summed E-state index contributed by atoms with van der Waals surface area (Å²) in [7, 11) is -3.03. The number of nitrogens with zero attached hydrogens (tertiary/aromatic N) is 2. The maximum Gasteiger partial charge on any atom is 0.191 e. The molecule has 0 bridgehead atoms. The lowest BCUT2D eigenvalue weighted by atomic mass is 10.1. The van der Waals surface area contributed by atoms with Gasteiger partial charge in [-0.3, -0.25) is 4.90 Å². The predicted molar refractivity (Wildman–Crippen MR) is 125 cm³/mol. The third-order valence-electron chi connectivity index (χ3n) is 5.38. The SMILES string of the molecule is CCNC(=NCc1ccc(CS(C)(=O)=O)cc1)NCC(c1ccco1)N1CCCCC1. The van der Waals surface area contributed by atoms with Crippen molar-refractivity contribution < 1.29 is 12.8 Å². The molecule has 31 heavy (non-hydrogen) atoms. The smallest absolute Gasteiger partial charge is 0.191 e. The second-order valence-corrected chi connectivity index (χ2v) is 10.2. The lowest BCUT2D eigenvalue weighted by Gasteiger charge is -2.33. The van der Waals surface area contributed by atoms with E-state index in [2.05, 4.69) is 15.5 Å². The van der Waals surface area contributed by atoms with E-state index in [0.717, 1.165) is 42.5 Å². The molecule has 1 atom stereocenters. The topological polar surface area (TPSA) is 86.9 Å². The van der Waals surface area contributed by atoms with Crippen molar-refractivity contribution in [2.24, 2.45) is 4.99 Å². The molecule has 2 N–H and O–H groups in total. The zero-order valence-electron chi connectivity index (χ0n) is 18.5. The largest absolute Gasteiger partial charge is 0.468 e. The number of guanidine groups is 1. The minimum absolute atomic E-state index is 0.0609. The third-order valence-corrected chi connectivity index (χ3v) is 6.24. The Balaban J connectivity index is 1.63. The summed E-state index contributed by atoms with van der Waals surface area (Å²) in [5.41, 5.74) is 1.83. The van der Waals surface area contributed by atoms with Gasteiger partial charge < -0.3 is 15.1 Å². The van der Waals surface area contributed by atoms with E-state index in [1.165, 1.54) is 25.5 Å². The molecule has 3 rings (SSSR count). The zero-order valence-corrected chi connectivity index (χ0v) is 19.3. The first kappa shape index (κ1) is 23.3. The van der Waals surface area contributed by atoms with Gasteiger partial charge in [0, 0.05) is 19.3 Å². The van der Waals surface area contributed by atoms with Crippen LogP contribution in [-0.2, 0) is 22.1 Å². The number of rotatable bonds is 9. The van der Waals surface area contributed by atoms with Crippen molar-refractivity contribution in [2.75, 3.05) is 32.4 Å².